The van der Waals surface area contributed by atoms with Gasteiger partial charge in [-0.1, -0.05) is 0 Å². The monoisotopic (exact) mass is 326 g/mol. The molecule has 0 saturated heterocycles. The van der Waals surface area contributed by atoms with E-state index in [4.69, 9.17) is 0 Å². The van der Waals surface area contributed by atoms with E-state index in [9.17, 15) is 8.42 Å². The first-order valence-corrected chi connectivity index (χ1v) is 9.17. The molecule has 21 heavy (non-hydrogen) atoms. The van der Waals surface area contributed by atoms with Crippen LogP contribution < -0.4 is 10.0 Å². The lowest BCUT2D eigenvalue weighted by Crippen LogP contribution is -2.26. The zero-order valence-electron chi connectivity index (χ0n) is 11.7. The van der Waals surface area contributed by atoms with Crippen molar-refractivity contribution in [3.8, 4) is 0 Å². The molecule has 114 valence electrons. The summed E-state index contributed by atoms with van der Waals surface area (Å²) < 4.78 is 27.7. The fraction of sp³-hybridized carbons (Fsp3) is 0.462. The zero-order chi connectivity index (χ0) is 14.9. The van der Waals surface area contributed by atoms with Crippen molar-refractivity contribution in [3.05, 3.63) is 35.0 Å². The van der Waals surface area contributed by atoms with Crippen molar-refractivity contribution in [2.24, 2.45) is 0 Å². The third-order valence-electron chi connectivity index (χ3n) is 3.40. The van der Waals surface area contributed by atoms with E-state index in [1.807, 2.05) is 6.07 Å². The number of aromatic nitrogens is 2. The minimum atomic E-state index is -3.49. The Hall–Kier alpha value is -1.22. The number of thiophene rings is 1. The smallest absolute Gasteiger partial charge is 0.250 e. The summed E-state index contributed by atoms with van der Waals surface area (Å²) in [5, 5.41) is 9.90. The number of hydrogen-bond acceptors (Lipinski definition) is 5. The molecule has 8 heteroatoms. The summed E-state index contributed by atoms with van der Waals surface area (Å²) in [5.41, 5.74) is 0.811. The SMILES string of the molecule is CC(NS(=O)(=O)c1ccc(CNC2CC2)s1)c1cn[nH]c1. The molecule has 2 aromatic heterocycles. The number of nitrogens with zero attached hydrogens (tertiary/aromatic N) is 1. The van der Waals surface area contributed by atoms with Crippen LogP contribution in [0.1, 0.15) is 36.2 Å². The minimum absolute atomic E-state index is 0.316. The molecule has 0 radical (unpaired) electrons. The van der Waals surface area contributed by atoms with Gasteiger partial charge in [0.2, 0.25) is 0 Å². The molecule has 1 fully saturated rings. The van der Waals surface area contributed by atoms with Crippen molar-refractivity contribution in [1.29, 1.82) is 0 Å². The molecule has 2 heterocycles. The normalized spacial score (nSPS) is 17.0. The number of hydrogen-bond donors (Lipinski definition) is 3. The van der Waals surface area contributed by atoms with Crippen LogP contribution >= 0.6 is 11.3 Å². The van der Waals surface area contributed by atoms with Crippen molar-refractivity contribution < 1.29 is 8.42 Å². The molecule has 1 aliphatic carbocycles. The summed E-state index contributed by atoms with van der Waals surface area (Å²) in [7, 11) is -3.49. The van der Waals surface area contributed by atoms with E-state index >= 15 is 0 Å². The predicted molar refractivity (Wildman–Crippen MR) is 81.5 cm³/mol. The van der Waals surface area contributed by atoms with Gasteiger partial charge in [-0.3, -0.25) is 5.10 Å². The van der Waals surface area contributed by atoms with E-state index in [2.05, 4.69) is 20.2 Å². The average Bonchev–Trinajstić information content (AvgIpc) is 2.96. The number of sulfonamides is 1. The lowest BCUT2D eigenvalue weighted by atomic mass is 10.2. The highest BCUT2D eigenvalue weighted by Gasteiger charge is 2.23. The highest BCUT2D eigenvalue weighted by Crippen LogP contribution is 2.25. The Morgan fingerprint density at radius 3 is 2.95 bits per heavy atom. The quantitative estimate of drug-likeness (QED) is 0.723. The molecular formula is C13H18N4O2S2. The summed E-state index contributed by atoms with van der Waals surface area (Å²) in [5.74, 6) is 0. The van der Waals surface area contributed by atoms with Gasteiger partial charge in [0.05, 0.1) is 6.20 Å². The van der Waals surface area contributed by atoms with Gasteiger partial charge in [0.15, 0.2) is 0 Å². The molecule has 0 aliphatic heterocycles. The van der Waals surface area contributed by atoms with Gasteiger partial charge in [-0.15, -0.1) is 11.3 Å². The highest BCUT2D eigenvalue weighted by molar-refractivity contribution is 7.91. The second kappa shape index (κ2) is 5.88. The van der Waals surface area contributed by atoms with E-state index in [0.717, 1.165) is 17.0 Å². The van der Waals surface area contributed by atoms with Crippen molar-refractivity contribution in [1.82, 2.24) is 20.2 Å². The van der Waals surface area contributed by atoms with Crippen LogP contribution in [-0.4, -0.2) is 24.7 Å². The average molecular weight is 326 g/mol. The number of rotatable bonds is 7. The fourth-order valence-corrected chi connectivity index (χ4v) is 4.54. The standard InChI is InChI=1S/C13H18N4O2S2/c1-9(10-6-15-16-7-10)17-21(18,19)13-5-4-12(20-13)8-14-11-2-3-11/h4-7,9,11,14,17H,2-3,8H2,1H3,(H,15,16). The van der Waals surface area contributed by atoms with E-state index in [-0.39, 0.29) is 6.04 Å². The summed E-state index contributed by atoms with van der Waals surface area (Å²) >= 11 is 1.31. The Labute approximate surface area is 128 Å². The van der Waals surface area contributed by atoms with Gasteiger partial charge in [-0.25, -0.2) is 13.1 Å². The van der Waals surface area contributed by atoms with Crippen LogP contribution in [-0.2, 0) is 16.6 Å². The van der Waals surface area contributed by atoms with E-state index < -0.39 is 10.0 Å². The molecule has 0 aromatic carbocycles. The molecule has 1 saturated carbocycles. The van der Waals surface area contributed by atoms with Crippen molar-refractivity contribution in [2.75, 3.05) is 0 Å². The van der Waals surface area contributed by atoms with Crippen LogP contribution in [0.5, 0.6) is 0 Å². The first-order chi connectivity index (χ1) is 10.0. The second-order valence-corrected chi connectivity index (χ2v) is 8.36. The maximum absolute atomic E-state index is 12.3. The first-order valence-electron chi connectivity index (χ1n) is 6.88. The number of nitrogens with one attached hydrogen (secondary N) is 3. The van der Waals surface area contributed by atoms with Crippen LogP contribution in [0.25, 0.3) is 0 Å². The maximum Gasteiger partial charge on any atom is 0.250 e. The van der Waals surface area contributed by atoms with Gasteiger partial charge in [0, 0.05) is 35.3 Å². The molecule has 1 atom stereocenters. The van der Waals surface area contributed by atoms with Gasteiger partial charge >= 0.3 is 0 Å². The van der Waals surface area contributed by atoms with Crippen molar-refractivity contribution in [2.45, 2.75) is 42.6 Å². The Balaban J connectivity index is 1.66. The Kier molecular flexibility index (Phi) is 4.12. The predicted octanol–water partition coefficient (Wildman–Crippen LogP) is 1.76. The fourth-order valence-electron chi connectivity index (χ4n) is 1.99. The lowest BCUT2D eigenvalue weighted by Gasteiger charge is -2.11. The third-order valence-corrected chi connectivity index (χ3v) is 6.51. The van der Waals surface area contributed by atoms with Crippen molar-refractivity contribution in [3.63, 3.8) is 0 Å². The molecule has 6 nitrogen and oxygen atoms in total. The Morgan fingerprint density at radius 1 is 1.48 bits per heavy atom. The van der Waals surface area contributed by atoms with Gasteiger partial charge < -0.3 is 5.32 Å². The molecule has 2 aromatic rings. The highest BCUT2D eigenvalue weighted by atomic mass is 32.2. The summed E-state index contributed by atoms with van der Waals surface area (Å²) in [6, 6.07) is 3.84. The molecule has 1 unspecified atom stereocenters. The minimum Gasteiger partial charge on any atom is -0.309 e. The third kappa shape index (κ3) is 3.70. The Morgan fingerprint density at radius 2 is 2.29 bits per heavy atom. The molecule has 0 spiro atoms. The molecule has 0 bridgehead atoms. The molecule has 3 rings (SSSR count). The topological polar surface area (TPSA) is 86.9 Å². The molecular weight excluding hydrogens is 308 g/mol. The summed E-state index contributed by atoms with van der Waals surface area (Å²) in [4.78, 5) is 1.04. The van der Waals surface area contributed by atoms with Crippen LogP contribution in [0.3, 0.4) is 0 Å². The lowest BCUT2D eigenvalue weighted by molar-refractivity contribution is 0.569. The number of H-pyrrole nitrogens is 1. The molecule has 3 N–H and O–H groups in total. The maximum atomic E-state index is 12.3. The van der Waals surface area contributed by atoms with E-state index in [0.29, 0.717) is 10.3 Å². The number of aromatic amines is 1. The summed E-state index contributed by atoms with van der Waals surface area (Å²) in [6.07, 6.45) is 5.75. The largest absolute Gasteiger partial charge is 0.309 e. The van der Waals surface area contributed by atoms with Crippen molar-refractivity contribution >= 4 is 21.4 Å². The zero-order valence-corrected chi connectivity index (χ0v) is 13.3. The van der Waals surface area contributed by atoms with Gasteiger partial charge in [-0.05, 0) is 31.9 Å². The molecule has 1 aliphatic rings. The van der Waals surface area contributed by atoms with Crippen LogP contribution in [0.15, 0.2) is 28.7 Å². The van der Waals surface area contributed by atoms with Gasteiger partial charge in [-0.2, -0.15) is 5.10 Å². The second-order valence-electron chi connectivity index (χ2n) is 5.25. The van der Waals surface area contributed by atoms with E-state index in [1.54, 1.807) is 25.4 Å². The first kappa shape index (κ1) is 14.7. The van der Waals surface area contributed by atoms with Crippen LogP contribution in [0, 0.1) is 0 Å². The van der Waals surface area contributed by atoms with Crippen LogP contribution in [0.2, 0.25) is 0 Å². The summed E-state index contributed by atoms with van der Waals surface area (Å²) in [6.45, 7) is 2.54. The van der Waals surface area contributed by atoms with Gasteiger partial charge in [0.25, 0.3) is 10.0 Å². The Bertz CT molecular complexity index is 690. The van der Waals surface area contributed by atoms with E-state index in [1.165, 1.54) is 24.2 Å². The van der Waals surface area contributed by atoms with Crippen LogP contribution in [0.4, 0.5) is 0 Å². The van der Waals surface area contributed by atoms with Gasteiger partial charge in [0.1, 0.15) is 4.21 Å². The molecule has 0 amide bonds.